The van der Waals surface area contributed by atoms with Crippen molar-refractivity contribution in [2.45, 2.75) is 25.5 Å². The molecule has 3 rings (SSSR count). The summed E-state index contributed by atoms with van der Waals surface area (Å²) in [6, 6.07) is 6.83. The highest BCUT2D eigenvalue weighted by Gasteiger charge is 2.26. The van der Waals surface area contributed by atoms with Gasteiger partial charge >= 0.3 is 6.03 Å². The van der Waals surface area contributed by atoms with E-state index in [1.165, 1.54) is 16.7 Å². The van der Waals surface area contributed by atoms with E-state index in [2.05, 4.69) is 10.3 Å². The number of hydrogen-bond donors (Lipinski definition) is 1. The SMILES string of the molecule is CC(C)Cn1c(SCC(=O)N2CCNC2=O)nc2ccccc2c1=O. The molecule has 1 aliphatic rings. The maximum Gasteiger partial charge on any atom is 0.324 e. The molecule has 0 unspecified atom stereocenters. The monoisotopic (exact) mass is 360 g/mol. The quantitative estimate of drug-likeness (QED) is 0.648. The lowest BCUT2D eigenvalue weighted by molar-refractivity contribution is -0.124. The first-order chi connectivity index (χ1) is 12.0. The molecule has 0 saturated carbocycles. The van der Waals surface area contributed by atoms with Crippen LogP contribution in [0.25, 0.3) is 10.9 Å². The summed E-state index contributed by atoms with van der Waals surface area (Å²) in [4.78, 5) is 42.4. The van der Waals surface area contributed by atoms with Crippen LogP contribution in [0, 0.1) is 5.92 Å². The van der Waals surface area contributed by atoms with Gasteiger partial charge in [-0.25, -0.2) is 9.78 Å². The van der Waals surface area contributed by atoms with Crippen LogP contribution in [0.2, 0.25) is 0 Å². The number of para-hydroxylation sites is 1. The number of amides is 3. The summed E-state index contributed by atoms with van der Waals surface area (Å²) < 4.78 is 1.62. The zero-order chi connectivity index (χ0) is 18.0. The van der Waals surface area contributed by atoms with E-state index in [1.54, 1.807) is 16.7 Å². The molecule has 8 heteroatoms. The number of hydrogen-bond acceptors (Lipinski definition) is 5. The van der Waals surface area contributed by atoms with Gasteiger partial charge in [0.05, 0.1) is 16.7 Å². The summed E-state index contributed by atoms with van der Waals surface area (Å²) in [5, 5.41) is 3.68. The minimum Gasteiger partial charge on any atom is -0.336 e. The molecule has 0 bridgehead atoms. The fourth-order valence-electron chi connectivity index (χ4n) is 2.70. The van der Waals surface area contributed by atoms with Gasteiger partial charge in [-0.15, -0.1) is 0 Å². The van der Waals surface area contributed by atoms with E-state index < -0.39 is 0 Å². The topological polar surface area (TPSA) is 84.3 Å². The van der Waals surface area contributed by atoms with E-state index in [1.807, 2.05) is 26.0 Å². The number of nitrogens with one attached hydrogen (secondary N) is 1. The van der Waals surface area contributed by atoms with E-state index in [4.69, 9.17) is 0 Å². The van der Waals surface area contributed by atoms with Gasteiger partial charge in [0.25, 0.3) is 5.56 Å². The molecule has 1 N–H and O–H groups in total. The fraction of sp³-hybridized carbons (Fsp3) is 0.412. The Kier molecular flexibility index (Phi) is 5.08. The number of thioether (sulfide) groups is 1. The number of rotatable bonds is 5. The average molecular weight is 360 g/mol. The average Bonchev–Trinajstić information content (AvgIpc) is 3.01. The largest absolute Gasteiger partial charge is 0.336 e. The third-order valence-electron chi connectivity index (χ3n) is 3.86. The first kappa shape index (κ1) is 17.5. The van der Waals surface area contributed by atoms with Gasteiger partial charge in [-0.05, 0) is 18.1 Å². The Hall–Kier alpha value is -2.35. The van der Waals surface area contributed by atoms with Gasteiger partial charge in [0.1, 0.15) is 0 Å². The van der Waals surface area contributed by atoms with Gasteiger partial charge < -0.3 is 5.32 Å². The predicted molar refractivity (Wildman–Crippen MR) is 96.7 cm³/mol. The molecule has 1 fully saturated rings. The van der Waals surface area contributed by atoms with Crippen molar-refractivity contribution in [3.05, 3.63) is 34.6 Å². The van der Waals surface area contributed by atoms with Gasteiger partial charge in [-0.1, -0.05) is 37.7 Å². The molecule has 2 heterocycles. The number of nitrogens with zero attached hydrogens (tertiary/aromatic N) is 3. The number of aromatic nitrogens is 2. The summed E-state index contributed by atoms with van der Waals surface area (Å²) in [5.74, 6) is 0.0506. The van der Waals surface area contributed by atoms with E-state index in [0.717, 1.165) is 0 Å². The summed E-state index contributed by atoms with van der Waals surface area (Å²) >= 11 is 1.20. The van der Waals surface area contributed by atoms with Crippen LogP contribution in [-0.2, 0) is 11.3 Å². The maximum atomic E-state index is 12.8. The van der Waals surface area contributed by atoms with Crippen molar-refractivity contribution in [3.63, 3.8) is 0 Å². The van der Waals surface area contributed by atoms with E-state index in [-0.39, 0.29) is 29.2 Å². The molecule has 3 amide bonds. The second-order valence-electron chi connectivity index (χ2n) is 6.29. The Bertz CT molecular complexity index is 878. The lowest BCUT2D eigenvalue weighted by atomic mass is 10.2. The van der Waals surface area contributed by atoms with Crippen LogP contribution in [0.15, 0.2) is 34.2 Å². The van der Waals surface area contributed by atoms with Crippen LogP contribution in [0.1, 0.15) is 13.8 Å². The zero-order valence-electron chi connectivity index (χ0n) is 14.2. The second kappa shape index (κ2) is 7.26. The van der Waals surface area contributed by atoms with Crippen LogP contribution in [0.4, 0.5) is 4.79 Å². The minimum absolute atomic E-state index is 0.0658. The molecule has 0 spiro atoms. The first-order valence-corrected chi connectivity index (χ1v) is 9.16. The summed E-state index contributed by atoms with van der Waals surface area (Å²) in [5.41, 5.74) is 0.509. The second-order valence-corrected chi connectivity index (χ2v) is 7.23. The van der Waals surface area contributed by atoms with Gasteiger partial charge in [-0.2, -0.15) is 0 Å². The fourth-order valence-corrected chi connectivity index (χ4v) is 3.58. The third kappa shape index (κ3) is 3.68. The summed E-state index contributed by atoms with van der Waals surface area (Å²) in [6.45, 7) is 5.42. The molecular formula is C17H20N4O3S. The number of fused-ring (bicyclic) bond motifs is 1. The molecule has 25 heavy (non-hydrogen) atoms. The van der Waals surface area contributed by atoms with Gasteiger partial charge in [0.15, 0.2) is 5.16 Å². The molecule has 7 nitrogen and oxygen atoms in total. The molecule has 1 aliphatic heterocycles. The highest BCUT2D eigenvalue weighted by molar-refractivity contribution is 7.99. The van der Waals surface area contributed by atoms with E-state index in [0.29, 0.717) is 35.7 Å². The third-order valence-corrected chi connectivity index (χ3v) is 4.82. The first-order valence-electron chi connectivity index (χ1n) is 8.18. The Balaban J connectivity index is 1.90. The molecule has 0 atom stereocenters. The Morgan fingerprint density at radius 3 is 2.76 bits per heavy atom. The number of imide groups is 1. The lowest BCUT2D eigenvalue weighted by Gasteiger charge is -2.16. The van der Waals surface area contributed by atoms with Crippen LogP contribution >= 0.6 is 11.8 Å². The number of benzene rings is 1. The molecule has 0 radical (unpaired) electrons. The highest BCUT2D eigenvalue weighted by atomic mass is 32.2. The van der Waals surface area contributed by atoms with Crippen molar-refractivity contribution in [2.24, 2.45) is 5.92 Å². The Morgan fingerprint density at radius 1 is 1.32 bits per heavy atom. The van der Waals surface area contributed by atoms with E-state index in [9.17, 15) is 14.4 Å². The van der Waals surface area contributed by atoms with Crippen molar-refractivity contribution in [1.29, 1.82) is 0 Å². The Morgan fingerprint density at radius 2 is 2.08 bits per heavy atom. The highest BCUT2D eigenvalue weighted by Crippen LogP contribution is 2.19. The molecule has 1 aromatic heterocycles. The Labute approximate surface area is 149 Å². The maximum absolute atomic E-state index is 12.8. The lowest BCUT2D eigenvalue weighted by Crippen LogP contribution is -2.35. The zero-order valence-corrected chi connectivity index (χ0v) is 15.0. The molecule has 0 aliphatic carbocycles. The standard InChI is InChI=1S/C17H20N4O3S/c1-11(2)9-21-15(23)12-5-3-4-6-13(12)19-17(21)25-10-14(22)20-8-7-18-16(20)24/h3-6,11H,7-10H2,1-2H3,(H,18,24). The molecule has 132 valence electrons. The molecule has 2 aromatic rings. The number of carbonyl (C=O) groups is 2. The summed E-state index contributed by atoms with van der Waals surface area (Å²) in [6.07, 6.45) is 0. The van der Waals surface area contributed by atoms with Crippen molar-refractivity contribution in [3.8, 4) is 0 Å². The van der Waals surface area contributed by atoms with E-state index >= 15 is 0 Å². The summed E-state index contributed by atoms with van der Waals surface area (Å²) in [7, 11) is 0. The number of carbonyl (C=O) groups excluding carboxylic acids is 2. The van der Waals surface area contributed by atoms with Crippen LogP contribution in [0.3, 0.4) is 0 Å². The molecule has 1 aromatic carbocycles. The van der Waals surface area contributed by atoms with Gasteiger partial charge in [0, 0.05) is 19.6 Å². The van der Waals surface area contributed by atoms with Crippen molar-refractivity contribution >= 4 is 34.6 Å². The van der Waals surface area contributed by atoms with Crippen LogP contribution < -0.4 is 10.9 Å². The predicted octanol–water partition coefficient (Wildman–Crippen LogP) is 1.70. The van der Waals surface area contributed by atoms with Crippen molar-refractivity contribution in [2.75, 3.05) is 18.8 Å². The van der Waals surface area contributed by atoms with Gasteiger partial charge in [0.2, 0.25) is 5.91 Å². The smallest absolute Gasteiger partial charge is 0.324 e. The minimum atomic E-state index is -0.364. The molecule has 1 saturated heterocycles. The van der Waals surface area contributed by atoms with Crippen molar-refractivity contribution in [1.82, 2.24) is 19.8 Å². The van der Waals surface area contributed by atoms with Gasteiger partial charge in [-0.3, -0.25) is 19.1 Å². The van der Waals surface area contributed by atoms with Crippen LogP contribution in [0.5, 0.6) is 0 Å². The van der Waals surface area contributed by atoms with Crippen molar-refractivity contribution < 1.29 is 9.59 Å². The molecular weight excluding hydrogens is 340 g/mol. The number of urea groups is 1. The van der Waals surface area contributed by atoms with Crippen LogP contribution in [-0.4, -0.2) is 45.2 Å². The normalized spacial score (nSPS) is 14.4.